The molecule has 0 aliphatic carbocycles. The van der Waals surface area contributed by atoms with Crippen molar-refractivity contribution in [2.75, 3.05) is 0 Å². The van der Waals surface area contributed by atoms with Gasteiger partial charge in [0.2, 0.25) is 0 Å². The molecular formula is C14H18N4O3. The van der Waals surface area contributed by atoms with Crippen LogP contribution in [-0.4, -0.2) is 30.4 Å². The van der Waals surface area contributed by atoms with Crippen molar-refractivity contribution in [3.8, 4) is 5.69 Å². The maximum atomic E-state index is 12.1. The molecule has 0 spiro atoms. The maximum Gasteiger partial charge on any atom is 0.352 e. The van der Waals surface area contributed by atoms with Crippen LogP contribution in [0.4, 0.5) is 0 Å². The fourth-order valence-corrected chi connectivity index (χ4v) is 2.32. The van der Waals surface area contributed by atoms with Crippen molar-refractivity contribution < 1.29 is 9.90 Å². The van der Waals surface area contributed by atoms with E-state index in [1.165, 1.54) is 4.57 Å². The van der Waals surface area contributed by atoms with Crippen molar-refractivity contribution in [2.24, 2.45) is 13.0 Å². The first-order chi connectivity index (χ1) is 9.81. The normalized spacial score (nSPS) is 12.4. The van der Waals surface area contributed by atoms with Crippen molar-refractivity contribution in [3.05, 3.63) is 39.8 Å². The number of aryl methyl sites for hydroxylation is 2. The number of hydrogen-bond donors (Lipinski definition) is 1. The van der Waals surface area contributed by atoms with Gasteiger partial charge in [0.25, 0.3) is 0 Å². The third-order valence-corrected chi connectivity index (χ3v) is 3.54. The van der Waals surface area contributed by atoms with Gasteiger partial charge in [0.05, 0.1) is 17.8 Å². The summed E-state index contributed by atoms with van der Waals surface area (Å²) in [7, 11) is 1.76. The van der Waals surface area contributed by atoms with E-state index >= 15 is 0 Å². The van der Waals surface area contributed by atoms with Gasteiger partial charge < -0.3 is 5.11 Å². The molecule has 0 saturated heterocycles. The van der Waals surface area contributed by atoms with E-state index in [1.54, 1.807) is 44.9 Å². The molecule has 112 valence electrons. The molecule has 21 heavy (non-hydrogen) atoms. The zero-order valence-corrected chi connectivity index (χ0v) is 12.5. The Morgan fingerprint density at radius 3 is 2.62 bits per heavy atom. The molecule has 0 amide bonds. The Hall–Kier alpha value is -2.44. The SMILES string of the molecule is Cc1nc(=O)n(-c2cnn(C)c2)c(C)c1CC(C)C(=O)O. The van der Waals surface area contributed by atoms with Crippen LogP contribution in [0.25, 0.3) is 5.69 Å². The van der Waals surface area contributed by atoms with Crippen LogP contribution in [0.1, 0.15) is 23.9 Å². The van der Waals surface area contributed by atoms with Gasteiger partial charge in [0.1, 0.15) is 0 Å². The average Bonchev–Trinajstić information content (AvgIpc) is 2.80. The predicted octanol–water partition coefficient (Wildman–Crippen LogP) is 0.846. The molecule has 0 radical (unpaired) electrons. The number of carbonyl (C=O) groups is 1. The minimum absolute atomic E-state index is 0.334. The van der Waals surface area contributed by atoms with Crippen LogP contribution in [0.3, 0.4) is 0 Å². The van der Waals surface area contributed by atoms with Gasteiger partial charge in [-0.15, -0.1) is 0 Å². The van der Waals surface area contributed by atoms with Crippen LogP contribution >= 0.6 is 0 Å². The monoisotopic (exact) mass is 290 g/mol. The lowest BCUT2D eigenvalue weighted by Crippen LogP contribution is -2.27. The Morgan fingerprint density at radius 1 is 1.43 bits per heavy atom. The molecule has 2 heterocycles. The predicted molar refractivity (Wildman–Crippen MR) is 76.6 cm³/mol. The first-order valence-electron chi connectivity index (χ1n) is 6.62. The highest BCUT2D eigenvalue weighted by Crippen LogP contribution is 2.17. The minimum atomic E-state index is -0.868. The lowest BCUT2D eigenvalue weighted by atomic mass is 9.99. The summed E-state index contributed by atoms with van der Waals surface area (Å²) >= 11 is 0. The summed E-state index contributed by atoms with van der Waals surface area (Å²) in [6, 6.07) is 0. The molecule has 2 rings (SSSR count). The number of rotatable bonds is 4. The highest BCUT2D eigenvalue weighted by atomic mass is 16.4. The Bertz CT molecular complexity index is 745. The van der Waals surface area contributed by atoms with Gasteiger partial charge in [-0.2, -0.15) is 10.1 Å². The lowest BCUT2D eigenvalue weighted by Gasteiger charge is -2.15. The second-order valence-electron chi connectivity index (χ2n) is 5.19. The van der Waals surface area contributed by atoms with Crippen LogP contribution in [0, 0.1) is 19.8 Å². The average molecular weight is 290 g/mol. The highest BCUT2D eigenvalue weighted by Gasteiger charge is 2.19. The third-order valence-electron chi connectivity index (χ3n) is 3.54. The molecule has 0 fully saturated rings. The van der Waals surface area contributed by atoms with Crippen LogP contribution in [-0.2, 0) is 18.3 Å². The quantitative estimate of drug-likeness (QED) is 0.901. The summed E-state index contributed by atoms with van der Waals surface area (Å²) in [6.07, 6.45) is 3.63. The van der Waals surface area contributed by atoms with Crippen LogP contribution in [0.2, 0.25) is 0 Å². The molecule has 0 bridgehead atoms. The number of aliphatic carboxylic acids is 1. The van der Waals surface area contributed by atoms with E-state index in [4.69, 9.17) is 5.11 Å². The van der Waals surface area contributed by atoms with Gasteiger partial charge in [-0.25, -0.2) is 4.79 Å². The smallest absolute Gasteiger partial charge is 0.352 e. The third kappa shape index (κ3) is 2.86. The zero-order chi connectivity index (χ0) is 15.7. The number of carboxylic acids is 1. The lowest BCUT2D eigenvalue weighted by molar-refractivity contribution is -0.141. The Labute approximate surface area is 121 Å². The van der Waals surface area contributed by atoms with E-state index in [2.05, 4.69) is 10.1 Å². The first kappa shape index (κ1) is 15.0. The number of nitrogens with zero attached hydrogens (tertiary/aromatic N) is 4. The first-order valence-corrected chi connectivity index (χ1v) is 6.62. The molecule has 0 aromatic carbocycles. The molecule has 0 aliphatic heterocycles. The van der Waals surface area contributed by atoms with E-state index in [9.17, 15) is 9.59 Å². The van der Waals surface area contributed by atoms with Crippen molar-refractivity contribution in [3.63, 3.8) is 0 Å². The molecule has 2 aromatic heterocycles. The Balaban J connectivity index is 2.58. The van der Waals surface area contributed by atoms with Gasteiger partial charge >= 0.3 is 11.7 Å². The molecule has 2 aromatic rings. The molecule has 7 heteroatoms. The Morgan fingerprint density at radius 2 is 2.10 bits per heavy atom. The van der Waals surface area contributed by atoms with E-state index in [-0.39, 0.29) is 5.69 Å². The molecule has 0 saturated carbocycles. The number of carboxylic acid groups (broad SMARTS) is 1. The van der Waals surface area contributed by atoms with Crippen molar-refractivity contribution in [2.45, 2.75) is 27.2 Å². The van der Waals surface area contributed by atoms with Crippen LogP contribution < -0.4 is 5.69 Å². The van der Waals surface area contributed by atoms with E-state index in [1.807, 2.05) is 0 Å². The second kappa shape index (κ2) is 5.51. The van der Waals surface area contributed by atoms with Crippen molar-refractivity contribution in [1.82, 2.24) is 19.3 Å². The van der Waals surface area contributed by atoms with E-state index in [0.29, 0.717) is 23.5 Å². The molecular weight excluding hydrogens is 272 g/mol. The molecule has 0 aliphatic rings. The molecule has 1 unspecified atom stereocenters. The van der Waals surface area contributed by atoms with E-state index in [0.717, 1.165) is 5.56 Å². The van der Waals surface area contributed by atoms with Crippen LogP contribution in [0.5, 0.6) is 0 Å². The molecule has 1 N–H and O–H groups in total. The topological polar surface area (TPSA) is 90.0 Å². The fraction of sp³-hybridized carbons (Fsp3) is 0.429. The summed E-state index contributed by atoms with van der Waals surface area (Å²) in [5.74, 6) is -1.41. The summed E-state index contributed by atoms with van der Waals surface area (Å²) < 4.78 is 3.06. The second-order valence-corrected chi connectivity index (χ2v) is 5.19. The maximum absolute atomic E-state index is 12.1. The van der Waals surface area contributed by atoms with Gasteiger partial charge in [-0.3, -0.25) is 14.0 Å². The van der Waals surface area contributed by atoms with Crippen LogP contribution in [0.15, 0.2) is 17.2 Å². The Kier molecular flexibility index (Phi) is 3.93. The van der Waals surface area contributed by atoms with Gasteiger partial charge in [0.15, 0.2) is 0 Å². The van der Waals surface area contributed by atoms with Crippen molar-refractivity contribution in [1.29, 1.82) is 0 Å². The van der Waals surface area contributed by atoms with Gasteiger partial charge in [-0.1, -0.05) is 6.92 Å². The summed E-state index contributed by atoms with van der Waals surface area (Å²) in [4.78, 5) is 27.2. The summed E-state index contributed by atoms with van der Waals surface area (Å²) in [5.41, 5.74) is 2.30. The van der Waals surface area contributed by atoms with E-state index < -0.39 is 11.9 Å². The standard InChI is InChI=1S/C14H18N4O3/c1-8(13(19)20)5-12-9(2)16-14(21)18(10(12)3)11-6-15-17(4)7-11/h6-8H,5H2,1-4H3,(H,19,20). The largest absolute Gasteiger partial charge is 0.481 e. The zero-order valence-electron chi connectivity index (χ0n) is 12.5. The number of aromatic nitrogens is 4. The molecule has 1 atom stereocenters. The van der Waals surface area contributed by atoms with Gasteiger partial charge in [0, 0.05) is 24.6 Å². The number of hydrogen-bond acceptors (Lipinski definition) is 4. The summed E-state index contributed by atoms with van der Waals surface area (Å²) in [5, 5.41) is 13.1. The molecule has 7 nitrogen and oxygen atoms in total. The van der Waals surface area contributed by atoms with Gasteiger partial charge in [-0.05, 0) is 25.8 Å². The fourth-order valence-electron chi connectivity index (χ4n) is 2.32. The minimum Gasteiger partial charge on any atom is -0.481 e. The summed E-state index contributed by atoms with van der Waals surface area (Å²) in [6.45, 7) is 5.17. The highest BCUT2D eigenvalue weighted by molar-refractivity contribution is 5.70. The van der Waals surface area contributed by atoms with Crippen molar-refractivity contribution >= 4 is 5.97 Å².